The Morgan fingerprint density at radius 3 is 2.39 bits per heavy atom. The molecule has 2 aliphatic rings. The minimum Gasteiger partial charge on any atom is -0.425 e. The third-order valence-electron chi connectivity index (χ3n) is 7.16. The molecule has 0 radical (unpaired) electrons. The lowest BCUT2D eigenvalue weighted by Gasteiger charge is -2.41. The van der Waals surface area contributed by atoms with E-state index >= 15 is 0 Å². The molecule has 0 aromatic carbocycles. The van der Waals surface area contributed by atoms with E-state index in [9.17, 15) is 0 Å². The summed E-state index contributed by atoms with van der Waals surface area (Å²) in [7, 11) is 1.79. The van der Waals surface area contributed by atoms with Crippen LogP contribution in [0, 0.1) is 23.7 Å². The minimum atomic E-state index is -0.0954. The van der Waals surface area contributed by atoms with Crippen LogP contribution in [0.4, 0.5) is 0 Å². The molecule has 1 aliphatic carbocycles. The number of allylic oxidation sites excluding steroid dienone is 1. The number of piperazine rings is 1. The molecule has 6 heteroatoms. The van der Waals surface area contributed by atoms with E-state index in [1.807, 2.05) is 0 Å². The fourth-order valence-corrected chi connectivity index (χ4v) is 5.05. The van der Waals surface area contributed by atoms with E-state index in [1.165, 1.54) is 31.6 Å². The second-order valence-electron chi connectivity index (χ2n) is 11.0. The molecule has 6 nitrogen and oxygen atoms in total. The molecule has 1 fully saturated rings. The zero-order valence-electron chi connectivity index (χ0n) is 20.9. The van der Waals surface area contributed by atoms with Crippen LogP contribution in [0.5, 0.6) is 0 Å². The van der Waals surface area contributed by atoms with E-state index < -0.39 is 0 Å². The average Bonchev–Trinajstić information content (AvgIpc) is 3.18. The maximum absolute atomic E-state index is 6.01. The van der Waals surface area contributed by atoms with Crippen molar-refractivity contribution < 1.29 is 9.15 Å². The third-order valence-corrected chi connectivity index (χ3v) is 7.16. The molecule has 31 heavy (non-hydrogen) atoms. The van der Waals surface area contributed by atoms with Crippen LogP contribution >= 0.6 is 0 Å². The maximum atomic E-state index is 6.01. The average molecular weight is 433 g/mol. The number of rotatable bonds is 8. The second-order valence-corrected chi connectivity index (χ2v) is 11.0. The quantitative estimate of drug-likeness (QED) is 0.578. The highest BCUT2D eigenvalue weighted by atomic mass is 16.5. The highest BCUT2D eigenvalue weighted by Crippen LogP contribution is 2.39. The third kappa shape index (κ3) is 6.62. The Balaban J connectivity index is 1.61. The molecule has 0 unspecified atom stereocenters. The van der Waals surface area contributed by atoms with E-state index in [1.54, 1.807) is 7.11 Å². The maximum Gasteiger partial charge on any atom is 0.221 e. The van der Waals surface area contributed by atoms with Gasteiger partial charge in [0, 0.05) is 58.2 Å². The van der Waals surface area contributed by atoms with Gasteiger partial charge in [-0.25, -0.2) is 0 Å². The van der Waals surface area contributed by atoms with Gasteiger partial charge in [0.25, 0.3) is 0 Å². The van der Waals surface area contributed by atoms with Crippen molar-refractivity contribution in [2.45, 2.75) is 59.8 Å². The van der Waals surface area contributed by atoms with E-state index in [2.05, 4.69) is 67.6 Å². The first-order valence-corrected chi connectivity index (χ1v) is 12.1. The largest absolute Gasteiger partial charge is 0.425 e. The molecule has 176 valence electrons. The number of aromatic nitrogens is 2. The smallest absolute Gasteiger partial charge is 0.221 e. The first kappa shape index (κ1) is 24.4. The summed E-state index contributed by atoms with van der Waals surface area (Å²) in [4.78, 5) is 5.19. The van der Waals surface area contributed by atoms with E-state index in [0.717, 1.165) is 44.4 Å². The van der Waals surface area contributed by atoms with Crippen LogP contribution in [0.2, 0.25) is 0 Å². The van der Waals surface area contributed by atoms with Crippen molar-refractivity contribution in [3.05, 3.63) is 23.4 Å². The van der Waals surface area contributed by atoms with Crippen LogP contribution in [0.1, 0.15) is 59.7 Å². The summed E-state index contributed by atoms with van der Waals surface area (Å²) >= 11 is 0. The lowest BCUT2D eigenvalue weighted by Crippen LogP contribution is -2.49. The number of hydrogen-bond acceptors (Lipinski definition) is 6. The zero-order chi connectivity index (χ0) is 22.6. The summed E-state index contributed by atoms with van der Waals surface area (Å²) in [6.45, 7) is 21.1. The van der Waals surface area contributed by atoms with Crippen LogP contribution in [-0.4, -0.2) is 73.0 Å². The highest BCUT2D eigenvalue weighted by Gasteiger charge is 2.34. The molecule has 0 spiro atoms. The highest BCUT2D eigenvalue weighted by molar-refractivity contribution is 5.14. The number of nitrogens with zero attached hydrogens (tertiary/aromatic N) is 4. The Kier molecular flexibility index (Phi) is 8.33. The van der Waals surface area contributed by atoms with Crippen molar-refractivity contribution >= 4 is 0 Å². The topological polar surface area (TPSA) is 54.6 Å². The standard InChI is InChI=1S/C25H44N4O2/c1-18(2)22-15-20(16-23-26-27-24(31-23)25(4,5)6)19(3)14-21(22)17-29-10-8-28(9-11-29)12-13-30-7/h14,18,20-22H,8-13,15-17H2,1-7H3/t20-,21-,22-/m0/s1. The van der Waals surface area contributed by atoms with Gasteiger partial charge in [-0.1, -0.05) is 46.3 Å². The summed E-state index contributed by atoms with van der Waals surface area (Å²) in [6, 6.07) is 0. The van der Waals surface area contributed by atoms with Crippen LogP contribution in [0.3, 0.4) is 0 Å². The lowest BCUT2D eigenvalue weighted by molar-refractivity contribution is 0.0797. The van der Waals surface area contributed by atoms with Gasteiger partial charge in [-0.15, -0.1) is 10.2 Å². The first-order chi connectivity index (χ1) is 14.7. The molecule has 3 rings (SSSR count). The molecule has 2 heterocycles. The van der Waals surface area contributed by atoms with Crippen LogP contribution in [0.25, 0.3) is 0 Å². The molecule has 1 aliphatic heterocycles. The van der Waals surface area contributed by atoms with Crippen molar-refractivity contribution in [1.29, 1.82) is 0 Å². The van der Waals surface area contributed by atoms with Crippen molar-refractivity contribution in [2.24, 2.45) is 23.7 Å². The van der Waals surface area contributed by atoms with E-state index in [0.29, 0.717) is 23.7 Å². The molecular formula is C25H44N4O2. The summed E-state index contributed by atoms with van der Waals surface area (Å²) < 4.78 is 11.2. The molecule has 0 bridgehead atoms. The van der Waals surface area contributed by atoms with Crippen LogP contribution in [-0.2, 0) is 16.6 Å². The van der Waals surface area contributed by atoms with Gasteiger partial charge in [0.2, 0.25) is 11.8 Å². The SMILES string of the molecule is COCCN1CCN(C[C@@H]2C=C(C)[C@H](Cc3nnc(C(C)(C)C)o3)C[C@H]2C(C)C)CC1. The summed E-state index contributed by atoms with van der Waals surface area (Å²) in [5.41, 5.74) is 1.40. The van der Waals surface area contributed by atoms with Gasteiger partial charge in [-0.2, -0.15) is 0 Å². The van der Waals surface area contributed by atoms with E-state index in [4.69, 9.17) is 9.15 Å². The molecular weight excluding hydrogens is 388 g/mol. The van der Waals surface area contributed by atoms with Crippen molar-refractivity contribution in [2.75, 3.05) is 53.0 Å². The van der Waals surface area contributed by atoms with Gasteiger partial charge in [0.05, 0.1) is 6.61 Å². The normalized spacial score (nSPS) is 26.5. The molecule has 0 N–H and O–H groups in total. The Labute approximate surface area is 189 Å². The Morgan fingerprint density at radius 2 is 1.81 bits per heavy atom. The number of ether oxygens (including phenoxy) is 1. The monoisotopic (exact) mass is 432 g/mol. The van der Waals surface area contributed by atoms with Gasteiger partial charge in [-0.05, 0) is 37.0 Å². The van der Waals surface area contributed by atoms with E-state index in [-0.39, 0.29) is 5.41 Å². The summed E-state index contributed by atoms with van der Waals surface area (Å²) in [5, 5.41) is 8.65. The number of methoxy groups -OCH3 is 1. The summed E-state index contributed by atoms with van der Waals surface area (Å²) in [5.74, 6) is 4.04. The molecule has 1 aromatic heterocycles. The predicted octanol–water partition coefficient (Wildman–Crippen LogP) is 4.03. The van der Waals surface area contributed by atoms with Gasteiger partial charge in [-0.3, -0.25) is 4.90 Å². The Hall–Kier alpha value is -1.24. The van der Waals surface area contributed by atoms with Crippen molar-refractivity contribution in [3.63, 3.8) is 0 Å². The lowest BCUT2D eigenvalue weighted by atomic mass is 9.69. The van der Waals surface area contributed by atoms with Gasteiger partial charge in [0.1, 0.15) is 0 Å². The molecule has 3 atom stereocenters. The minimum absolute atomic E-state index is 0.0954. The Bertz CT molecular complexity index is 713. The van der Waals surface area contributed by atoms with Crippen molar-refractivity contribution in [3.8, 4) is 0 Å². The summed E-state index contributed by atoms with van der Waals surface area (Å²) in [6.07, 6.45) is 4.64. The Morgan fingerprint density at radius 1 is 1.13 bits per heavy atom. The predicted molar refractivity (Wildman–Crippen MR) is 125 cm³/mol. The molecule has 1 saturated heterocycles. The second kappa shape index (κ2) is 10.6. The van der Waals surface area contributed by atoms with Gasteiger partial charge in [0.15, 0.2) is 0 Å². The molecule has 0 amide bonds. The van der Waals surface area contributed by atoms with Crippen molar-refractivity contribution in [1.82, 2.24) is 20.0 Å². The molecule has 1 aromatic rings. The first-order valence-electron chi connectivity index (χ1n) is 12.1. The van der Waals surface area contributed by atoms with Crippen LogP contribution in [0.15, 0.2) is 16.1 Å². The fraction of sp³-hybridized carbons (Fsp3) is 0.840. The van der Waals surface area contributed by atoms with Gasteiger partial charge < -0.3 is 14.1 Å². The van der Waals surface area contributed by atoms with Crippen LogP contribution < -0.4 is 0 Å². The zero-order valence-corrected chi connectivity index (χ0v) is 20.9. The van der Waals surface area contributed by atoms with Gasteiger partial charge >= 0.3 is 0 Å². The molecule has 0 saturated carbocycles. The fourth-order valence-electron chi connectivity index (χ4n) is 5.05. The number of hydrogen-bond donors (Lipinski definition) is 0.